The highest BCUT2D eigenvalue weighted by molar-refractivity contribution is 6.50. The van der Waals surface area contributed by atoms with Crippen molar-refractivity contribution in [2.75, 3.05) is 6.61 Å². The molecule has 154 valence electrons. The number of rotatable bonds is 2. The summed E-state index contributed by atoms with van der Waals surface area (Å²) in [6, 6.07) is 0. The predicted molar refractivity (Wildman–Crippen MR) is 105 cm³/mol. The molecule has 4 aliphatic carbocycles. The van der Waals surface area contributed by atoms with E-state index in [0.717, 1.165) is 12.0 Å². The molecule has 7 atom stereocenters. The summed E-state index contributed by atoms with van der Waals surface area (Å²) < 4.78 is 0. The molecule has 0 radical (unpaired) electrons. The molecular weight excluding hydrogens is 403 g/mol. The number of aliphatic hydroxyl groups is 3. The number of hydrogen-bond donors (Lipinski definition) is 3. The summed E-state index contributed by atoms with van der Waals surface area (Å²) in [6.07, 6.45) is 3.44. The Morgan fingerprint density at radius 1 is 1.25 bits per heavy atom. The van der Waals surface area contributed by atoms with Crippen LogP contribution >= 0.6 is 23.2 Å². The molecule has 0 amide bonds. The van der Waals surface area contributed by atoms with Crippen LogP contribution in [0.4, 0.5) is 0 Å². The Morgan fingerprint density at radius 2 is 1.93 bits per heavy atom. The average molecular weight is 429 g/mol. The minimum atomic E-state index is -1.94. The van der Waals surface area contributed by atoms with Gasteiger partial charge in [-0.1, -0.05) is 42.6 Å². The second-order valence-corrected chi connectivity index (χ2v) is 10.1. The first-order valence-electron chi connectivity index (χ1n) is 9.89. The van der Waals surface area contributed by atoms with E-state index in [9.17, 15) is 24.9 Å². The Labute approximate surface area is 174 Å². The first-order chi connectivity index (χ1) is 13.0. The number of fused-ring (bicyclic) bond motifs is 5. The normalized spacial score (nSPS) is 48.0. The van der Waals surface area contributed by atoms with E-state index >= 15 is 0 Å². The van der Waals surface area contributed by atoms with Crippen molar-refractivity contribution in [3.63, 3.8) is 0 Å². The zero-order valence-electron chi connectivity index (χ0n) is 16.0. The van der Waals surface area contributed by atoms with Crippen LogP contribution in [0.2, 0.25) is 0 Å². The van der Waals surface area contributed by atoms with Gasteiger partial charge in [0.25, 0.3) is 0 Å². The molecule has 0 heterocycles. The van der Waals surface area contributed by atoms with Crippen LogP contribution < -0.4 is 0 Å². The van der Waals surface area contributed by atoms with Crippen molar-refractivity contribution in [1.82, 2.24) is 0 Å². The molecule has 0 aromatic heterocycles. The minimum absolute atomic E-state index is 0.0697. The number of halogens is 2. The van der Waals surface area contributed by atoms with E-state index in [-0.39, 0.29) is 28.6 Å². The van der Waals surface area contributed by atoms with Crippen LogP contribution in [0.1, 0.15) is 46.0 Å². The van der Waals surface area contributed by atoms with Crippen molar-refractivity contribution < 1.29 is 24.9 Å². The third-order valence-electron chi connectivity index (χ3n) is 8.55. The molecule has 5 nitrogen and oxygen atoms in total. The molecular formula is C21H26Cl2O5. The van der Waals surface area contributed by atoms with Crippen LogP contribution in [0, 0.1) is 28.6 Å². The molecule has 0 bridgehead atoms. The zero-order chi connectivity index (χ0) is 20.6. The maximum Gasteiger partial charge on any atom is 0.198 e. The van der Waals surface area contributed by atoms with Crippen molar-refractivity contribution in [2.24, 2.45) is 28.6 Å². The highest BCUT2D eigenvalue weighted by atomic mass is 35.5. The highest BCUT2D eigenvalue weighted by Crippen LogP contribution is 2.68. The SMILES string of the molecule is C[C@@]12C(=CC(=O)C(Cl)=C1Cl)CC[C@@H]1[C@@H]2CC[C@@]2(C)[C@H]1C[C@@H](O)[C@]2(O)C(=O)CO. The van der Waals surface area contributed by atoms with Crippen LogP contribution in [0.25, 0.3) is 0 Å². The molecule has 0 unspecified atom stereocenters. The lowest BCUT2D eigenvalue weighted by Gasteiger charge is -2.58. The summed E-state index contributed by atoms with van der Waals surface area (Å²) in [7, 11) is 0. The van der Waals surface area contributed by atoms with E-state index < -0.39 is 34.9 Å². The largest absolute Gasteiger partial charge is 0.390 e. The van der Waals surface area contributed by atoms with E-state index in [1.165, 1.54) is 0 Å². The first kappa shape index (κ1) is 20.5. The Hall–Kier alpha value is -0.720. The molecule has 0 aliphatic heterocycles. The smallest absolute Gasteiger partial charge is 0.198 e. The minimum Gasteiger partial charge on any atom is -0.390 e. The van der Waals surface area contributed by atoms with Crippen molar-refractivity contribution >= 4 is 34.8 Å². The van der Waals surface area contributed by atoms with Gasteiger partial charge in [0.2, 0.25) is 0 Å². The molecule has 0 aromatic carbocycles. The van der Waals surface area contributed by atoms with Gasteiger partial charge in [0.15, 0.2) is 17.2 Å². The molecule has 0 spiro atoms. The van der Waals surface area contributed by atoms with Crippen molar-refractivity contribution in [3.05, 3.63) is 21.7 Å². The van der Waals surface area contributed by atoms with E-state index in [1.807, 2.05) is 13.8 Å². The van der Waals surface area contributed by atoms with Crippen LogP contribution in [0.15, 0.2) is 21.7 Å². The summed E-state index contributed by atoms with van der Waals surface area (Å²) in [5.41, 5.74) is -2.29. The second-order valence-electron chi connectivity index (χ2n) is 9.33. The zero-order valence-corrected chi connectivity index (χ0v) is 17.6. The third-order valence-corrected chi connectivity index (χ3v) is 9.61. The Balaban J connectivity index is 1.77. The molecule has 0 saturated heterocycles. The fourth-order valence-corrected chi connectivity index (χ4v) is 7.56. The average Bonchev–Trinajstić information content (AvgIpc) is 2.88. The number of hydrogen-bond acceptors (Lipinski definition) is 5. The van der Waals surface area contributed by atoms with E-state index in [0.29, 0.717) is 30.7 Å². The topological polar surface area (TPSA) is 94.8 Å². The van der Waals surface area contributed by atoms with Crippen molar-refractivity contribution in [3.8, 4) is 0 Å². The summed E-state index contributed by atoms with van der Waals surface area (Å²) in [5.74, 6) is -0.810. The lowest BCUT2D eigenvalue weighted by Crippen LogP contribution is -2.61. The van der Waals surface area contributed by atoms with Gasteiger partial charge in [0.05, 0.1) is 11.1 Å². The highest BCUT2D eigenvalue weighted by Gasteiger charge is 2.70. The van der Waals surface area contributed by atoms with Crippen LogP contribution in [0.3, 0.4) is 0 Å². The standard InChI is InChI=1S/C21H26Cl2O5/c1-19-6-5-12-11(13(19)8-15(26)21(19,28)16(27)9-24)4-3-10-7-14(25)17(22)18(23)20(10,12)2/h7,11-13,15,24,26,28H,3-6,8-9H2,1-2H3/t11-,12+,13+,15-,19+,20+,21+/m1/s1. The number of carbonyl (C=O) groups excluding carboxylic acids is 2. The lowest BCUT2D eigenvalue weighted by molar-refractivity contribution is -0.177. The maximum atomic E-state index is 12.4. The summed E-state index contributed by atoms with van der Waals surface area (Å²) in [6.45, 7) is 3.10. The van der Waals surface area contributed by atoms with Gasteiger partial charge >= 0.3 is 0 Å². The van der Waals surface area contributed by atoms with Gasteiger partial charge in [0.1, 0.15) is 11.6 Å². The molecule has 3 N–H and O–H groups in total. The Kier molecular flexibility index (Phi) is 4.69. The fraction of sp³-hybridized carbons (Fsp3) is 0.714. The third kappa shape index (κ3) is 2.26. The number of allylic oxidation sites excluding steroid dienone is 4. The lowest BCUT2D eigenvalue weighted by atomic mass is 9.47. The Morgan fingerprint density at radius 3 is 2.57 bits per heavy atom. The van der Waals surface area contributed by atoms with Gasteiger partial charge in [-0.05, 0) is 55.9 Å². The van der Waals surface area contributed by atoms with Crippen LogP contribution in [-0.2, 0) is 9.59 Å². The second kappa shape index (κ2) is 6.39. The van der Waals surface area contributed by atoms with Crippen molar-refractivity contribution in [1.29, 1.82) is 0 Å². The summed E-state index contributed by atoms with van der Waals surface area (Å²) in [4.78, 5) is 24.6. The molecule has 4 rings (SSSR count). The van der Waals surface area contributed by atoms with Crippen LogP contribution in [0.5, 0.6) is 0 Å². The van der Waals surface area contributed by atoms with Gasteiger partial charge in [0, 0.05) is 10.8 Å². The number of aliphatic hydroxyl groups excluding tert-OH is 2. The molecule has 4 aliphatic rings. The number of ketones is 2. The fourth-order valence-electron chi connectivity index (χ4n) is 6.96. The number of Topliss-reactive ketones (excluding diaryl/α,β-unsaturated/α-hetero) is 1. The van der Waals surface area contributed by atoms with Gasteiger partial charge in [-0.25, -0.2) is 0 Å². The quantitative estimate of drug-likeness (QED) is 0.628. The summed E-state index contributed by atoms with van der Waals surface area (Å²) in [5, 5.41) is 31.7. The van der Waals surface area contributed by atoms with Gasteiger partial charge < -0.3 is 15.3 Å². The van der Waals surface area contributed by atoms with E-state index in [1.54, 1.807) is 6.08 Å². The monoisotopic (exact) mass is 428 g/mol. The Bertz CT molecular complexity index is 820. The number of carbonyl (C=O) groups is 2. The molecule has 0 aromatic rings. The van der Waals surface area contributed by atoms with E-state index in [2.05, 4.69) is 0 Å². The molecule has 28 heavy (non-hydrogen) atoms. The van der Waals surface area contributed by atoms with Crippen LogP contribution in [-0.4, -0.2) is 45.2 Å². The van der Waals surface area contributed by atoms with Gasteiger partial charge in [-0.3, -0.25) is 9.59 Å². The van der Waals surface area contributed by atoms with Gasteiger partial charge in [-0.2, -0.15) is 0 Å². The molecule has 3 saturated carbocycles. The van der Waals surface area contributed by atoms with Crippen molar-refractivity contribution in [2.45, 2.75) is 57.7 Å². The predicted octanol–water partition coefficient (Wildman–Crippen LogP) is 2.69. The maximum absolute atomic E-state index is 12.4. The first-order valence-corrected chi connectivity index (χ1v) is 10.6. The van der Waals surface area contributed by atoms with Gasteiger partial charge in [-0.15, -0.1) is 0 Å². The molecule has 7 heteroatoms. The van der Waals surface area contributed by atoms with E-state index in [4.69, 9.17) is 23.2 Å². The molecule has 3 fully saturated rings. The summed E-state index contributed by atoms with van der Waals surface area (Å²) >= 11 is 12.9.